The highest BCUT2D eigenvalue weighted by Crippen LogP contribution is 2.06. The van der Waals surface area contributed by atoms with E-state index < -0.39 is 0 Å². The molecule has 0 unspecified atom stereocenters. The predicted octanol–water partition coefficient (Wildman–Crippen LogP) is 1.76. The number of pyridine rings is 1. The number of hydrogen-bond donors (Lipinski definition) is 0. The van der Waals surface area contributed by atoms with E-state index in [1.807, 2.05) is 6.07 Å². The lowest BCUT2D eigenvalue weighted by molar-refractivity contribution is -0.139. The van der Waals surface area contributed by atoms with Crippen molar-refractivity contribution < 1.29 is 9.53 Å². The normalized spacial score (nSPS) is 8.71. The van der Waals surface area contributed by atoms with Crippen molar-refractivity contribution in [2.24, 2.45) is 0 Å². The highest BCUT2D eigenvalue weighted by atomic mass is 79.9. The quantitative estimate of drug-likeness (QED) is 0.566. The molecule has 3 nitrogen and oxygen atoms in total. The predicted molar refractivity (Wildman–Crippen MR) is 55.4 cm³/mol. The molecule has 0 aromatic carbocycles. The lowest BCUT2D eigenvalue weighted by Gasteiger charge is -1.90. The molecule has 1 aromatic heterocycles. The van der Waals surface area contributed by atoms with Gasteiger partial charge in [0.25, 0.3) is 0 Å². The Kier molecular flexibility index (Phi) is 4.14. The second-order valence-electron chi connectivity index (χ2n) is 2.42. The Bertz CT molecular complexity index is 375. The van der Waals surface area contributed by atoms with Crippen molar-refractivity contribution in [2.75, 3.05) is 7.11 Å². The Morgan fingerprint density at radius 3 is 3.00 bits per heavy atom. The molecule has 0 amide bonds. The SMILES string of the molecule is COC(=O)CC#Cc1ccc(Br)cn1. The Morgan fingerprint density at radius 1 is 1.64 bits per heavy atom. The summed E-state index contributed by atoms with van der Waals surface area (Å²) in [5.74, 6) is 5.09. The summed E-state index contributed by atoms with van der Waals surface area (Å²) in [6.07, 6.45) is 1.75. The van der Waals surface area contributed by atoms with Gasteiger partial charge in [0.1, 0.15) is 12.1 Å². The van der Waals surface area contributed by atoms with E-state index in [2.05, 4.69) is 37.5 Å². The summed E-state index contributed by atoms with van der Waals surface area (Å²) in [6.45, 7) is 0. The molecule has 72 valence electrons. The average molecular weight is 254 g/mol. The van der Waals surface area contributed by atoms with Gasteiger partial charge in [0, 0.05) is 10.7 Å². The van der Waals surface area contributed by atoms with Crippen LogP contribution >= 0.6 is 15.9 Å². The van der Waals surface area contributed by atoms with Gasteiger partial charge in [-0.1, -0.05) is 5.92 Å². The van der Waals surface area contributed by atoms with E-state index in [1.54, 1.807) is 12.3 Å². The van der Waals surface area contributed by atoms with Crippen molar-refractivity contribution in [3.05, 3.63) is 28.5 Å². The van der Waals surface area contributed by atoms with E-state index in [1.165, 1.54) is 7.11 Å². The molecule has 4 heteroatoms. The van der Waals surface area contributed by atoms with Crippen LogP contribution < -0.4 is 0 Å². The minimum absolute atomic E-state index is 0.0915. The molecule has 0 bridgehead atoms. The van der Waals surface area contributed by atoms with E-state index in [9.17, 15) is 4.79 Å². The van der Waals surface area contributed by atoms with Crippen molar-refractivity contribution in [2.45, 2.75) is 6.42 Å². The number of rotatable bonds is 1. The van der Waals surface area contributed by atoms with Crippen LogP contribution in [0.5, 0.6) is 0 Å². The van der Waals surface area contributed by atoms with Gasteiger partial charge in [-0.05, 0) is 34.0 Å². The highest BCUT2D eigenvalue weighted by Gasteiger charge is 1.93. The zero-order valence-corrected chi connectivity index (χ0v) is 9.17. The van der Waals surface area contributed by atoms with Gasteiger partial charge in [-0.2, -0.15) is 0 Å². The Labute approximate surface area is 90.6 Å². The fraction of sp³-hybridized carbons (Fsp3) is 0.200. The maximum atomic E-state index is 10.7. The van der Waals surface area contributed by atoms with Crippen LogP contribution in [0.4, 0.5) is 0 Å². The molecule has 0 N–H and O–H groups in total. The molecule has 0 fully saturated rings. The maximum Gasteiger partial charge on any atom is 0.317 e. The standard InChI is InChI=1S/C10H8BrNO2/c1-14-10(13)4-2-3-9-6-5-8(11)7-12-9/h5-7H,4H2,1H3. The molecule has 0 saturated carbocycles. The monoisotopic (exact) mass is 253 g/mol. The zero-order chi connectivity index (χ0) is 10.4. The number of hydrogen-bond acceptors (Lipinski definition) is 3. The Morgan fingerprint density at radius 2 is 2.43 bits per heavy atom. The molecule has 0 aliphatic rings. The molecule has 1 aromatic rings. The molecule has 0 aliphatic heterocycles. The first kappa shape index (κ1) is 10.7. The number of carbonyl (C=O) groups excluding carboxylic acids is 1. The number of halogens is 1. The zero-order valence-electron chi connectivity index (χ0n) is 7.58. The molecular formula is C10H8BrNO2. The average Bonchev–Trinajstić information content (AvgIpc) is 2.21. The third-order valence-electron chi connectivity index (χ3n) is 1.40. The van der Waals surface area contributed by atoms with E-state index >= 15 is 0 Å². The Balaban J connectivity index is 2.59. The molecule has 1 heterocycles. The number of nitrogens with zero attached hydrogens (tertiary/aromatic N) is 1. The molecule has 0 radical (unpaired) electrons. The first-order chi connectivity index (χ1) is 6.72. The molecule has 14 heavy (non-hydrogen) atoms. The topological polar surface area (TPSA) is 39.2 Å². The molecule has 0 saturated heterocycles. The second-order valence-corrected chi connectivity index (χ2v) is 3.33. The van der Waals surface area contributed by atoms with Crippen LogP contribution in [0.3, 0.4) is 0 Å². The van der Waals surface area contributed by atoms with Gasteiger partial charge >= 0.3 is 5.97 Å². The fourth-order valence-electron chi connectivity index (χ4n) is 0.729. The lowest BCUT2D eigenvalue weighted by atomic mass is 10.3. The van der Waals surface area contributed by atoms with Gasteiger partial charge in [-0.3, -0.25) is 4.79 Å². The number of esters is 1. The summed E-state index contributed by atoms with van der Waals surface area (Å²) in [5.41, 5.74) is 0.636. The molecule has 0 atom stereocenters. The van der Waals surface area contributed by atoms with Crippen LogP contribution in [0, 0.1) is 11.8 Å². The number of ether oxygens (including phenoxy) is 1. The van der Waals surface area contributed by atoms with Crippen LogP contribution in [0.15, 0.2) is 22.8 Å². The van der Waals surface area contributed by atoms with Gasteiger partial charge in [0.2, 0.25) is 0 Å². The fourth-order valence-corrected chi connectivity index (χ4v) is 0.963. The van der Waals surface area contributed by atoms with Crippen molar-refractivity contribution in [3.8, 4) is 11.8 Å². The van der Waals surface area contributed by atoms with Crippen molar-refractivity contribution in [3.63, 3.8) is 0 Å². The molecule has 0 aliphatic carbocycles. The summed E-state index contributed by atoms with van der Waals surface area (Å²) in [7, 11) is 1.34. The minimum Gasteiger partial charge on any atom is -0.468 e. The molecule has 0 spiro atoms. The lowest BCUT2D eigenvalue weighted by Crippen LogP contribution is -1.97. The summed E-state index contributed by atoms with van der Waals surface area (Å²) in [6, 6.07) is 3.61. The minimum atomic E-state index is -0.338. The van der Waals surface area contributed by atoms with Crippen molar-refractivity contribution >= 4 is 21.9 Å². The highest BCUT2D eigenvalue weighted by molar-refractivity contribution is 9.10. The second kappa shape index (κ2) is 5.40. The van der Waals surface area contributed by atoms with Crippen molar-refractivity contribution in [1.82, 2.24) is 4.98 Å². The molecular weight excluding hydrogens is 246 g/mol. The third-order valence-corrected chi connectivity index (χ3v) is 1.87. The van der Waals surface area contributed by atoms with E-state index in [-0.39, 0.29) is 12.4 Å². The number of methoxy groups -OCH3 is 1. The third kappa shape index (κ3) is 3.58. The Hall–Kier alpha value is -1.34. The van der Waals surface area contributed by atoms with Crippen molar-refractivity contribution in [1.29, 1.82) is 0 Å². The maximum absolute atomic E-state index is 10.7. The first-order valence-electron chi connectivity index (χ1n) is 3.89. The number of aromatic nitrogens is 1. The summed E-state index contributed by atoms with van der Waals surface area (Å²) >= 11 is 3.26. The van der Waals surface area contributed by atoms with Gasteiger partial charge in [0.15, 0.2) is 0 Å². The van der Waals surface area contributed by atoms with Crippen LogP contribution in [0.2, 0.25) is 0 Å². The largest absolute Gasteiger partial charge is 0.468 e. The number of carbonyl (C=O) groups is 1. The van der Waals surface area contributed by atoms with Crippen LogP contribution in [0.1, 0.15) is 12.1 Å². The summed E-state index contributed by atoms with van der Waals surface area (Å²) in [5, 5.41) is 0. The smallest absolute Gasteiger partial charge is 0.317 e. The van der Waals surface area contributed by atoms with Crippen LogP contribution in [-0.4, -0.2) is 18.1 Å². The first-order valence-corrected chi connectivity index (χ1v) is 4.69. The summed E-state index contributed by atoms with van der Waals surface area (Å²) < 4.78 is 5.34. The van der Waals surface area contributed by atoms with Gasteiger partial charge in [-0.15, -0.1) is 0 Å². The van der Waals surface area contributed by atoms with E-state index in [0.717, 1.165) is 4.47 Å². The van der Waals surface area contributed by atoms with Gasteiger partial charge in [-0.25, -0.2) is 4.98 Å². The van der Waals surface area contributed by atoms with E-state index in [4.69, 9.17) is 0 Å². The summed E-state index contributed by atoms with van der Waals surface area (Å²) in [4.78, 5) is 14.7. The van der Waals surface area contributed by atoms with Crippen LogP contribution in [-0.2, 0) is 9.53 Å². The van der Waals surface area contributed by atoms with Crippen LogP contribution in [0.25, 0.3) is 0 Å². The van der Waals surface area contributed by atoms with Gasteiger partial charge < -0.3 is 4.74 Å². The molecule has 1 rings (SSSR count). The van der Waals surface area contributed by atoms with E-state index in [0.29, 0.717) is 5.69 Å². The van der Waals surface area contributed by atoms with Gasteiger partial charge in [0.05, 0.1) is 7.11 Å².